The number of benzene rings is 2. The van der Waals surface area contributed by atoms with Crippen molar-refractivity contribution in [3.8, 4) is 0 Å². The Hall–Kier alpha value is -2.92. The van der Waals surface area contributed by atoms with Crippen LogP contribution in [-0.2, 0) is 13.1 Å². The van der Waals surface area contributed by atoms with Crippen molar-refractivity contribution in [2.24, 2.45) is 0 Å². The van der Waals surface area contributed by atoms with Crippen molar-refractivity contribution < 1.29 is 9.90 Å². The topological polar surface area (TPSA) is 58.4 Å². The van der Waals surface area contributed by atoms with Crippen LogP contribution >= 0.6 is 0 Å². The van der Waals surface area contributed by atoms with Crippen LogP contribution < -0.4 is 0 Å². The highest BCUT2D eigenvalue weighted by atomic mass is 16.3. The molecule has 0 radical (unpaired) electrons. The highest BCUT2D eigenvalue weighted by molar-refractivity contribution is 5.94. The average molecular weight is 335 g/mol. The summed E-state index contributed by atoms with van der Waals surface area (Å²) in [5.74, 6) is -0.0768. The van der Waals surface area contributed by atoms with E-state index in [1.165, 1.54) is 0 Å². The molecule has 1 N–H and O–H groups in total. The average Bonchev–Trinajstić information content (AvgIpc) is 3.15. The minimum Gasteiger partial charge on any atom is -0.395 e. The van der Waals surface area contributed by atoms with Gasteiger partial charge in [0.2, 0.25) is 0 Å². The van der Waals surface area contributed by atoms with E-state index in [0.717, 1.165) is 17.7 Å². The number of amides is 1. The Labute approximate surface area is 147 Å². The van der Waals surface area contributed by atoms with E-state index in [0.29, 0.717) is 18.7 Å². The molecule has 0 saturated carbocycles. The van der Waals surface area contributed by atoms with Crippen molar-refractivity contribution in [3.05, 3.63) is 90.0 Å². The third kappa shape index (κ3) is 4.55. The number of hydrogen-bond acceptors (Lipinski definition) is 3. The minimum absolute atomic E-state index is 0.0582. The third-order valence-corrected chi connectivity index (χ3v) is 4.00. The van der Waals surface area contributed by atoms with E-state index in [2.05, 4.69) is 4.98 Å². The van der Waals surface area contributed by atoms with Crippen molar-refractivity contribution in [2.45, 2.75) is 13.1 Å². The minimum atomic E-state index is -0.0768. The lowest BCUT2D eigenvalue weighted by Gasteiger charge is -2.22. The molecule has 0 unspecified atom stereocenters. The van der Waals surface area contributed by atoms with Crippen molar-refractivity contribution in [1.29, 1.82) is 0 Å². The second kappa shape index (κ2) is 8.26. The highest BCUT2D eigenvalue weighted by Crippen LogP contribution is 2.12. The number of aliphatic hydroxyl groups excluding tert-OH is 1. The molecule has 1 heterocycles. The van der Waals surface area contributed by atoms with Gasteiger partial charge < -0.3 is 14.6 Å². The summed E-state index contributed by atoms with van der Waals surface area (Å²) in [4.78, 5) is 18.5. The van der Waals surface area contributed by atoms with Crippen molar-refractivity contribution in [3.63, 3.8) is 0 Å². The maximum Gasteiger partial charge on any atom is 0.254 e. The summed E-state index contributed by atoms with van der Waals surface area (Å²) < 4.78 is 1.98. The number of aliphatic hydroxyl groups is 1. The van der Waals surface area contributed by atoms with Gasteiger partial charge in [0.25, 0.3) is 5.91 Å². The smallest absolute Gasteiger partial charge is 0.254 e. The van der Waals surface area contributed by atoms with Gasteiger partial charge >= 0.3 is 0 Å². The molecule has 0 saturated heterocycles. The molecule has 2 aromatic carbocycles. The molecular formula is C20H21N3O2. The second-order valence-corrected chi connectivity index (χ2v) is 5.87. The van der Waals surface area contributed by atoms with Gasteiger partial charge in [-0.2, -0.15) is 0 Å². The van der Waals surface area contributed by atoms with Crippen molar-refractivity contribution in [2.75, 3.05) is 13.2 Å². The van der Waals surface area contributed by atoms with Gasteiger partial charge in [-0.15, -0.1) is 0 Å². The quantitative estimate of drug-likeness (QED) is 0.722. The lowest BCUT2D eigenvalue weighted by Crippen LogP contribution is -2.33. The molecule has 3 rings (SSSR count). The molecule has 5 heteroatoms. The number of hydrogen-bond donors (Lipinski definition) is 1. The number of nitrogens with zero attached hydrogens (tertiary/aromatic N) is 3. The van der Waals surface area contributed by atoms with Gasteiger partial charge in [0.1, 0.15) is 0 Å². The van der Waals surface area contributed by atoms with Crippen LogP contribution in [0.2, 0.25) is 0 Å². The summed E-state index contributed by atoms with van der Waals surface area (Å²) >= 11 is 0. The Morgan fingerprint density at radius 1 is 1.04 bits per heavy atom. The molecule has 0 aliphatic rings. The van der Waals surface area contributed by atoms with E-state index in [9.17, 15) is 9.90 Å². The maximum atomic E-state index is 12.8. The summed E-state index contributed by atoms with van der Waals surface area (Å²) in [7, 11) is 0. The molecule has 0 aliphatic carbocycles. The summed E-state index contributed by atoms with van der Waals surface area (Å²) in [6, 6.07) is 17.4. The monoisotopic (exact) mass is 335 g/mol. The van der Waals surface area contributed by atoms with E-state index in [1.807, 2.05) is 65.4 Å². The molecule has 5 nitrogen and oxygen atoms in total. The molecule has 1 amide bonds. The van der Waals surface area contributed by atoms with Crippen molar-refractivity contribution >= 4 is 5.91 Å². The van der Waals surface area contributed by atoms with Crippen LogP contribution in [0.1, 0.15) is 21.5 Å². The molecule has 0 bridgehead atoms. The number of carbonyl (C=O) groups excluding carboxylic acids is 1. The molecule has 128 valence electrons. The largest absolute Gasteiger partial charge is 0.395 e. The Morgan fingerprint density at radius 2 is 1.80 bits per heavy atom. The first-order valence-corrected chi connectivity index (χ1v) is 8.25. The first-order chi connectivity index (χ1) is 12.3. The second-order valence-electron chi connectivity index (χ2n) is 5.87. The van der Waals surface area contributed by atoms with E-state index in [1.54, 1.807) is 17.4 Å². The summed E-state index contributed by atoms with van der Waals surface area (Å²) in [6.45, 7) is 1.46. The van der Waals surface area contributed by atoms with Crippen LogP contribution in [0.4, 0.5) is 0 Å². The van der Waals surface area contributed by atoms with Gasteiger partial charge in [0.05, 0.1) is 12.9 Å². The summed E-state index contributed by atoms with van der Waals surface area (Å²) in [5, 5.41) is 9.30. The van der Waals surface area contributed by atoms with E-state index >= 15 is 0 Å². The van der Waals surface area contributed by atoms with Crippen LogP contribution in [0.15, 0.2) is 73.3 Å². The Morgan fingerprint density at radius 3 is 2.44 bits per heavy atom. The lowest BCUT2D eigenvalue weighted by atomic mass is 10.1. The van der Waals surface area contributed by atoms with Crippen LogP contribution in [0, 0.1) is 0 Å². The fourth-order valence-electron chi connectivity index (χ4n) is 2.70. The first kappa shape index (κ1) is 16.9. The Balaban J connectivity index is 1.70. The van der Waals surface area contributed by atoms with Gasteiger partial charge in [-0.3, -0.25) is 4.79 Å². The van der Waals surface area contributed by atoms with Gasteiger partial charge in [-0.25, -0.2) is 4.98 Å². The number of rotatable bonds is 7. The van der Waals surface area contributed by atoms with Crippen molar-refractivity contribution in [1.82, 2.24) is 14.5 Å². The normalized spacial score (nSPS) is 10.6. The zero-order valence-corrected chi connectivity index (χ0v) is 14.0. The highest BCUT2D eigenvalue weighted by Gasteiger charge is 2.15. The first-order valence-electron chi connectivity index (χ1n) is 8.25. The summed E-state index contributed by atoms with van der Waals surface area (Å²) in [6.07, 6.45) is 5.41. The number of imidazole rings is 1. The fourth-order valence-corrected chi connectivity index (χ4v) is 2.70. The Bertz CT molecular complexity index is 784. The fraction of sp³-hybridized carbons (Fsp3) is 0.200. The summed E-state index contributed by atoms with van der Waals surface area (Å²) in [5.41, 5.74) is 2.77. The number of aromatic nitrogens is 2. The molecule has 1 aromatic heterocycles. The Kier molecular flexibility index (Phi) is 5.59. The predicted octanol–water partition coefficient (Wildman–Crippen LogP) is 2.57. The number of carbonyl (C=O) groups is 1. The van der Waals surface area contributed by atoms with Gasteiger partial charge in [-0.05, 0) is 23.3 Å². The standard InChI is InChI=1S/C20H21N3O2/c24-13-12-23(15-17-4-2-1-3-5-17)20(25)19-8-6-18(7-9-19)14-22-11-10-21-16-22/h1-11,16,24H,12-15H2. The van der Waals surface area contributed by atoms with E-state index < -0.39 is 0 Å². The molecule has 0 atom stereocenters. The maximum absolute atomic E-state index is 12.8. The molecule has 0 spiro atoms. The third-order valence-electron chi connectivity index (χ3n) is 4.00. The van der Waals surface area contributed by atoms with E-state index in [4.69, 9.17) is 0 Å². The van der Waals surface area contributed by atoms with Gasteiger partial charge in [0, 0.05) is 37.6 Å². The zero-order chi connectivity index (χ0) is 17.5. The van der Waals surface area contributed by atoms with Gasteiger partial charge in [0.15, 0.2) is 0 Å². The molecule has 25 heavy (non-hydrogen) atoms. The molecule has 0 aliphatic heterocycles. The van der Waals surface area contributed by atoms with Crippen LogP contribution in [0.5, 0.6) is 0 Å². The molecule has 3 aromatic rings. The lowest BCUT2D eigenvalue weighted by molar-refractivity contribution is 0.0708. The van der Waals surface area contributed by atoms with Crippen LogP contribution in [0.25, 0.3) is 0 Å². The SMILES string of the molecule is O=C(c1ccc(Cn2ccnc2)cc1)N(CCO)Cc1ccccc1. The van der Waals surface area contributed by atoms with Gasteiger partial charge in [-0.1, -0.05) is 42.5 Å². The van der Waals surface area contributed by atoms with Crippen LogP contribution in [-0.4, -0.2) is 38.6 Å². The van der Waals surface area contributed by atoms with E-state index in [-0.39, 0.29) is 12.5 Å². The zero-order valence-electron chi connectivity index (χ0n) is 14.0. The van der Waals surface area contributed by atoms with Crippen LogP contribution in [0.3, 0.4) is 0 Å². The predicted molar refractivity (Wildman–Crippen MR) is 96.0 cm³/mol. The molecular weight excluding hydrogens is 314 g/mol. The molecule has 0 fully saturated rings.